The Morgan fingerprint density at radius 2 is 2.00 bits per heavy atom. The minimum Gasteiger partial charge on any atom is -0.299 e. The number of alkyl halides is 1. The van der Waals surface area contributed by atoms with Gasteiger partial charge in [-0.25, -0.2) is 0 Å². The summed E-state index contributed by atoms with van der Waals surface area (Å²) in [6, 6.07) is 0. The fourth-order valence-electron chi connectivity index (χ4n) is 0.494. The van der Waals surface area contributed by atoms with Crippen molar-refractivity contribution < 1.29 is 0 Å². The lowest BCUT2D eigenvalue weighted by molar-refractivity contribution is 0.492. The molecule has 1 N–H and O–H groups in total. The molecule has 0 aliphatic heterocycles. The van der Waals surface area contributed by atoms with Gasteiger partial charge in [0.05, 0.1) is 5.00 Å². The lowest BCUT2D eigenvalue weighted by Crippen LogP contribution is -2.35. The molecular formula is C6H14ClN. The lowest BCUT2D eigenvalue weighted by Gasteiger charge is -2.19. The summed E-state index contributed by atoms with van der Waals surface area (Å²) in [4.78, 5) is -0.186. The van der Waals surface area contributed by atoms with Crippen LogP contribution in [0.5, 0.6) is 0 Å². The normalized spacial score (nSPS) is 18.0. The third-order valence-electron chi connectivity index (χ3n) is 1.21. The van der Waals surface area contributed by atoms with Crippen LogP contribution in [0.3, 0.4) is 0 Å². The summed E-state index contributed by atoms with van der Waals surface area (Å²) in [5, 5.41) is 3.14. The van der Waals surface area contributed by atoms with E-state index in [2.05, 4.69) is 19.2 Å². The molecule has 0 aromatic rings. The number of rotatable bonds is 3. The molecule has 0 aromatic carbocycles. The Bertz CT molecular complexity index is 61.5. The molecule has 1 atom stereocenters. The van der Waals surface area contributed by atoms with Crippen molar-refractivity contribution in [2.24, 2.45) is 0 Å². The average Bonchev–Trinajstić information content (AvgIpc) is 1.67. The first-order valence-corrected chi connectivity index (χ1v) is 3.44. The third kappa shape index (κ3) is 3.28. The van der Waals surface area contributed by atoms with Crippen LogP contribution in [0.25, 0.3) is 0 Å². The van der Waals surface area contributed by atoms with Crippen LogP contribution in [-0.2, 0) is 0 Å². The van der Waals surface area contributed by atoms with Crippen LogP contribution in [0.2, 0.25) is 0 Å². The van der Waals surface area contributed by atoms with Crippen LogP contribution in [0.1, 0.15) is 27.2 Å². The fraction of sp³-hybridized carbons (Fsp3) is 1.00. The van der Waals surface area contributed by atoms with E-state index in [1.165, 1.54) is 0 Å². The predicted octanol–water partition coefficient (Wildman–Crippen LogP) is 1.96. The molecule has 8 heavy (non-hydrogen) atoms. The first kappa shape index (κ1) is 8.25. The molecule has 2 heteroatoms. The number of hydrogen-bond donors (Lipinski definition) is 1. The van der Waals surface area contributed by atoms with Crippen LogP contribution < -0.4 is 5.32 Å². The van der Waals surface area contributed by atoms with Gasteiger partial charge in [-0.05, 0) is 19.9 Å². The summed E-state index contributed by atoms with van der Waals surface area (Å²) >= 11 is 5.91. The van der Waals surface area contributed by atoms with Crippen LogP contribution >= 0.6 is 11.6 Å². The Hall–Kier alpha value is 0.250. The summed E-state index contributed by atoms with van der Waals surface area (Å²) in [5.41, 5.74) is 0. The molecule has 0 saturated carbocycles. The van der Waals surface area contributed by atoms with Gasteiger partial charge in [-0.1, -0.05) is 13.8 Å². The summed E-state index contributed by atoms with van der Waals surface area (Å²) in [6.45, 7) is 7.04. The fourth-order valence-corrected chi connectivity index (χ4v) is 0.627. The molecule has 1 nitrogen and oxygen atoms in total. The Kier molecular flexibility index (Phi) is 3.41. The molecule has 1 unspecified atom stereocenters. The zero-order valence-corrected chi connectivity index (χ0v) is 6.55. The molecule has 0 heterocycles. The highest BCUT2D eigenvalue weighted by molar-refractivity contribution is 6.23. The van der Waals surface area contributed by atoms with E-state index in [0.29, 0.717) is 0 Å². The summed E-state index contributed by atoms with van der Waals surface area (Å²) in [6.07, 6.45) is 0.961. The smallest absolute Gasteiger partial charge is 0.0904 e. The van der Waals surface area contributed by atoms with E-state index in [1.54, 1.807) is 0 Å². The average molecular weight is 136 g/mol. The standard InChI is InChI=1S/C6H14ClN/c1-4-6(3,7)8-5-2/h8H,4-5H2,1-3H3. The van der Waals surface area contributed by atoms with Gasteiger partial charge >= 0.3 is 0 Å². The molecule has 0 rings (SSSR count). The van der Waals surface area contributed by atoms with Gasteiger partial charge in [0.25, 0.3) is 0 Å². The second-order valence-electron chi connectivity index (χ2n) is 2.08. The first-order chi connectivity index (χ1) is 3.62. The minimum atomic E-state index is -0.186. The Morgan fingerprint density at radius 3 is 2.12 bits per heavy atom. The topological polar surface area (TPSA) is 12.0 Å². The van der Waals surface area contributed by atoms with Gasteiger partial charge < -0.3 is 0 Å². The van der Waals surface area contributed by atoms with Crippen LogP contribution in [-0.4, -0.2) is 11.5 Å². The van der Waals surface area contributed by atoms with Crippen molar-refractivity contribution in [1.82, 2.24) is 5.32 Å². The van der Waals surface area contributed by atoms with Gasteiger partial charge in [0, 0.05) is 0 Å². The second kappa shape index (κ2) is 3.31. The van der Waals surface area contributed by atoms with Crippen molar-refractivity contribution in [1.29, 1.82) is 0 Å². The van der Waals surface area contributed by atoms with Gasteiger partial charge in [-0.3, -0.25) is 5.32 Å². The van der Waals surface area contributed by atoms with Gasteiger partial charge in [-0.2, -0.15) is 0 Å². The molecule has 0 aromatic heterocycles. The second-order valence-corrected chi connectivity index (χ2v) is 2.92. The lowest BCUT2D eigenvalue weighted by atomic mass is 10.2. The highest BCUT2D eigenvalue weighted by Gasteiger charge is 2.14. The Labute approximate surface area is 56.4 Å². The van der Waals surface area contributed by atoms with E-state index < -0.39 is 0 Å². The maximum Gasteiger partial charge on any atom is 0.0904 e. The molecule has 0 aliphatic carbocycles. The van der Waals surface area contributed by atoms with Gasteiger partial charge in [0.1, 0.15) is 0 Å². The van der Waals surface area contributed by atoms with Crippen molar-refractivity contribution in [2.45, 2.75) is 32.2 Å². The molecule has 0 spiro atoms. The molecular weight excluding hydrogens is 122 g/mol. The van der Waals surface area contributed by atoms with Crippen molar-refractivity contribution in [2.75, 3.05) is 6.54 Å². The van der Waals surface area contributed by atoms with E-state index in [1.807, 2.05) is 6.92 Å². The van der Waals surface area contributed by atoms with Crippen LogP contribution in [0.4, 0.5) is 0 Å². The number of hydrogen-bond acceptors (Lipinski definition) is 1. The highest BCUT2D eigenvalue weighted by atomic mass is 35.5. The number of halogens is 1. The highest BCUT2D eigenvalue weighted by Crippen LogP contribution is 2.12. The predicted molar refractivity (Wildman–Crippen MR) is 38.2 cm³/mol. The zero-order chi connectivity index (χ0) is 6.62. The zero-order valence-electron chi connectivity index (χ0n) is 5.79. The van der Waals surface area contributed by atoms with Gasteiger partial charge in [-0.15, -0.1) is 11.6 Å². The van der Waals surface area contributed by atoms with Gasteiger partial charge in [0.2, 0.25) is 0 Å². The van der Waals surface area contributed by atoms with Crippen molar-refractivity contribution >= 4 is 11.6 Å². The molecule has 0 saturated heterocycles. The van der Waals surface area contributed by atoms with Crippen LogP contribution in [0.15, 0.2) is 0 Å². The largest absolute Gasteiger partial charge is 0.299 e. The van der Waals surface area contributed by atoms with E-state index in [-0.39, 0.29) is 5.00 Å². The van der Waals surface area contributed by atoms with Crippen LogP contribution in [0, 0.1) is 0 Å². The van der Waals surface area contributed by atoms with E-state index in [4.69, 9.17) is 11.6 Å². The molecule has 0 fully saturated rings. The minimum absolute atomic E-state index is 0.186. The molecule has 0 bridgehead atoms. The molecule has 0 amide bonds. The molecule has 0 aliphatic rings. The maximum atomic E-state index is 5.91. The maximum absolute atomic E-state index is 5.91. The summed E-state index contributed by atoms with van der Waals surface area (Å²) < 4.78 is 0. The van der Waals surface area contributed by atoms with E-state index in [0.717, 1.165) is 13.0 Å². The monoisotopic (exact) mass is 135 g/mol. The first-order valence-electron chi connectivity index (χ1n) is 3.06. The molecule has 50 valence electrons. The molecule has 0 radical (unpaired) electrons. The Balaban J connectivity index is 3.37. The summed E-state index contributed by atoms with van der Waals surface area (Å²) in [7, 11) is 0. The van der Waals surface area contributed by atoms with E-state index >= 15 is 0 Å². The van der Waals surface area contributed by atoms with Crippen molar-refractivity contribution in [3.05, 3.63) is 0 Å². The van der Waals surface area contributed by atoms with Crippen molar-refractivity contribution in [3.63, 3.8) is 0 Å². The Morgan fingerprint density at radius 1 is 1.50 bits per heavy atom. The van der Waals surface area contributed by atoms with E-state index in [9.17, 15) is 0 Å². The third-order valence-corrected chi connectivity index (χ3v) is 1.61. The summed E-state index contributed by atoms with van der Waals surface area (Å²) in [5.74, 6) is 0. The van der Waals surface area contributed by atoms with Gasteiger partial charge in [0.15, 0.2) is 0 Å². The van der Waals surface area contributed by atoms with Crippen molar-refractivity contribution in [3.8, 4) is 0 Å². The SMILES string of the molecule is CCNC(C)(Cl)CC. The number of nitrogens with one attached hydrogen (secondary N) is 1. The quantitative estimate of drug-likeness (QED) is 0.461.